The van der Waals surface area contributed by atoms with Crippen LogP contribution in [-0.4, -0.2) is 30.9 Å². The van der Waals surface area contributed by atoms with Crippen LogP contribution in [0.3, 0.4) is 0 Å². The van der Waals surface area contributed by atoms with Crippen molar-refractivity contribution < 1.29 is 35.9 Å². The Morgan fingerprint density at radius 2 is 1.85 bits per heavy atom. The topological polar surface area (TPSA) is 88.1 Å². The number of hydrogen-bond acceptors (Lipinski definition) is 4. The van der Waals surface area contributed by atoms with Gasteiger partial charge < -0.3 is 15.8 Å². The molecular formula is C29H27F6N3O2. The lowest BCUT2D eigenvalue weighted by Crippen LogP contribution is -2.56. The third-order valence-corrected chi connectivity index (χ3v) is 7.44. The number of allylic oxidation sites excluding steroid dienone is 2. The number of carbonyl (C=O) groups excluding carboxylic acids is 1. The summed E-state index contributed by atoms with van der Waals surface area (Å²) in [6.45, 7) is 0. The molecule has 0 bridgehead atoms. The van der Waals surface area contributed by atoms with Crippen LogP contribution in [0.2, 0.25) is 0 Å². The van der Waals surface area contributed by atoms with Crippen LogP contribution in [0.15, 0.2) is 72.0 Å². The van der Waals surface area contributed by atoms with Gasteiger partial charge in [-0.3, -0.25) is 4.79 Å². The molecule has 2 unspecified atom stereocenters. The Hall–Kier alpha value is -3.78. The Morgan fingerprint density at radius 3 is 2.48 bits per heavy atom. The van der Waals surface area contributed by atoms with E-state index in [9.17, 15) is 36.4 Å². The molecule has 5 nitrogen and oxygen atoms in total. The van der Waals surface area contributed by atoms with Crippen LogP contribution in [0.4, 0.5) is 26.3 Å². The summed E-state index contributed by atoms with van der Waals surface area (Å²) in [5.41, 5.74) is 1.35. The van der Waals surface area contributed by atoms with Gasteiger partial charge in [-0.1, -0.05) is 36.4 Å². The number of halogens is 6. The van der Waals surface area contributed by atoms with Gasteiger partial charge in [0.1, 0.15) is 23.3 Å². The molecule has 5 atom stereocenters. The van der Waals surface area contributed by atoms with E-state index in [0.717, 1.165) is 6.07 Å². The van der Waals surface area contributed by atoms with Gasteiger partial charge >= 0.3 is 6.18 Å². The van der Waals surface area contributed by atoms with E-state index < -0.39 is 59.2 Å². The van der Waals surface area contributed by atoms with Gasteiger partial charge in [-0.15, -0.1) is 0 Å². The minimum absolute atomic E-state index is 0.128. The number of hydrogen-bond donors (Lipinski definition) is 2. The molecule has 2 aliphatic carbocycles. The van der Waals surface area contributed by atoms with E-state index in [-0.39, 0.29) is 36.2 Å². The van der Waals surface area contributed by atoms with E-state index in [2.05, 4.69) is 5.32 Å². The lowest BCUT2D eigenvalue weighted by atomic mass is 9.74. The predicted molar refractivity (Wildman–Crippen MR) is 134 cm³/mol. The standard InChI is InChI=1S/C29H27F6N3O2/c1-40-25-12-18(7-8-24(25)32)28(14-17-5-3-2-4-6-17,19-9-20(29(33,34)35)11-21(30)10-19)38-26(39)23-13-22(31)15-27(23,37)16-36/h2-7,9-12,22-24H,8,13-15,37H2,1H3,(H,38,39)/t22-,23?,24?,27-,28-/m1/s1. The molecule has 0 saturated heterocycles. The van der Waals surface area contributed by atoms with Gasteiger partial charge in [0.15, 0.2) is 6.17 Å². The molecule has 4 rings (SSSR count). The molecule has 212 valence electrons. The van der Waals surface area contributed by atoms with E-state index in [1.807, 2.05) is 0 Å². The van der Waals surface area contributed by atoms with Gasteiger partial charge in [-0.25, -0.2) is 13.2 Å². The molecular weight excluding hydrogens is 536 g/mol. The summed E-state index contributed by atoms with van der Waals surface area (Å²) in [6.07, 6.45) is -6.65. The zero-order chi connectivity index (χ0) is 29.3. The minimum Gasteiger partial charge on any atom is -0.498 e. The molecule has 2 aromatic rings. The largest absolute Gasteiger partial charge is 0.498 e. The monoisotopic (exact) mass is 563 g/mol. The summed E-state index contributed by atoms with van der Waals surface area (Å²) in [7, 11) is 1.22. The molecule has 0 spiro atoms. The minimum atomic E-state index is -4.93. The van der Waals surface area contributed by atoms with Gasteiger partial charge in [0.2, 0.25) is 5.91 Å². The number of alkyl halides is 5. The molecule has 0 radical (unpaired) electrons. The number of benzene rings is 2. The van der Waals surface area contributed by atoms with Crippen LogP contribution in [0.1, 0.15) is 36.0 Å². The first-order chi connectivity index (χ1) is 18.8. The molecule has 1 saturated carbocycles. The van der Waals surface area contributed by atoms with Crippen molar-refractivity contribution in [2.24, 2.45) is 11.7 Å². The number of nitrogens with one attached hydrogen (secondary N) is 1. The fourth-order valence-corrected chi connectivity index (χ4v) is 5.41. The second-order valence-electron chi connectivity index (χ2n) is 10.1. The highest BCUT2D eigenvalue weighted by atomic mass is 19.4. The van der Waals surface area contributed by atoms with Crippen molar-refractivity contribution in [1.29, 1.82) is 5.26 Å². The van der Waals surface area contributed by atoms with Gasteiger partial charge in [0.25, 0.3) is 0 Å². The normalized spacial score (nSPS) is 26.2. The van der Waals surface area contributed by atoms with Crippen molar-refractivity contribution in [3.63, 3.8) is 0 Å². The van der Waals surface area contributed by atoms with E-state index in [1.165, 1.54) is 19.3 Å². The number of ether oxygens (including phenoxy) is 1. The summed E-state index contributed by atoms with van der Waals surface area (Å²) >= 11 is 0. The quantitative estimate of drug-likeness (QED) is 0.432. The molecule has 40 heavy (non-hydrogen) atoms. The fraction of sp³-hybridized carbons (Fsp3) is 0.379. The number of nitriles is 1. The number of amides is 1. The lowest BCUT2D eigenvalue weighted by Gasteiger charge is -2.40. The molecule has 2 aliphatic rings. The molecule has 3 N–H and O–H groups in total. The first kappa shape index (κ1) is 29.2. The number of carbonyl (C=O) groups is 1. The van der Waals surface area contributed by atoms with Gasteiger partial charge in [-0.2, -0.15) is 18.4 Å². The molecule has 1 fully saturated rings. The van der Waals surface area contributed by atoms with Crippen LogP contribution in [0, 0.1) is 23.1 Å². The maximum absolute atomic E-state index is 14.8. The number of nitrogens with two attached hydrogens (primary N) is 1. The second kappa shape index (κ2) is 11.0. The van der Waals surface area contributed by atoms with Crippen LogP contribution >= 0.6 is 0 Å². The molecule has 11 heteroatoms. The molecule has 0 aliphatic heterocycles. The molecule has 2 aromatic carbocycles. The second-order valence-corrected chi connectivity index (χ2v) is 10.1. The van der Waals surface area contributed by atoms with E-state index in [1.54, 1.807) is 36.4 Å². The van der Waals surface area contributed by atoms with Gasteiger partial charge in [-0.05, 0) is 47.4 Å². The van der Waals surface area contributed by atoms with E-state index >= 15 is 0 Å². The smallest absolute Gasteiger partial charge is 0.416 e. The summed E-state index contributed by atoms with van der Waals surface area (Å²) in [4.78, 5) is 13.8. The molecule has 1 amide bonds. The van der Waals surface area contributed by atoms with Gasteiger partial charge in [0.05, 0.1) is 30.2 Å². The maximum Gasteiger partial charge on any atom is 0.416 e. The molecule has 0 aromatic heterocycles. The highest BCUT2D eigenvalue weighted by Gasteiger charge is 2.52. The van der Waals surface area contributed by atoms with Crippen molar-refractivity contribution in [3.05, 3.63) is 94.5 Å². The average molecular weight is 564 g/mol. The van der Waals surface area contributed by atoms with Crippen molar-refractivity contribution in [2.45, 2.75) is 55.3 Å². The van der Waals surface area contributed by atoms with E-state index in [0.29, 0.717) is 17.7 Å². The fourth-order valence-electron chi connectivity index (χ4n) is 5.41. The lowest BCUT2D eigenvalue weighted by molar-refractivity contribution is -0.137. The Kier molecular flexibility index (Phi) is 8.04. The Morgan fingerprint density at radius 1 is 1.18 bits per heavy atom. The van der Waals surface area contributed by atoms with Crippen molar-refractivity contribution in [3.8, 4) is 6.07 Å². The Labute approximate surface area is 227 Å². The molecule has 0 heterocycles. The third-order valence-electron chi connectivity index (χ3n) is 7.44. The Balaban J connectivity index is 1.97. The highest BCUT2D eigenvalue weighted by molar-refractivity contribution is 5.83. The number of methoxy groups -OCH3 is 1. The zero-order valence-corrected chi connectivity index (χ0v) is 21.4. The first-order valence-electron chi connectivity index (χ1n) is 12.5. The van der Waals surface area contributed by atoms with Gasteiger partial charge in [0, 0.05) is 19.3 Å². The van der Waals surface area contributed by atoms with Crippen molar-refractivity contribution in [2.75, 3.05) is 7.11 Å². The predicted octanol–water partition coefficient (Wildman–Crippen LogP) is 5.57. The van der Waals surface area contributed by atoms with Crippen molar-refractivity contribution >= 4 is 5.91 Å². The average Bonchev–Trinajstić information content (AvgIpc) is 3.22. The summed E-state index contributed by atoms with van der Waals surface area (Å²) in [5.74, 6) is -3.63. The highest BCUT2D eigenvalue weighted by Crippen LogP contribution is 2.43. The van der Waals surface area contributed by atoms with Crippen LogP contribution < -0.4 is 11.1 Å². The summed E-state index contributed by atoms with van der Waals surface area (Å²) < 4.78 is 90.4. The first-order valence-corrected chi connectivity index (χ1v) is 12.5. The van der Waals surface area contributed by atoms with Crippen LogP contribution in [0.25, 0.3) is 0 Å². The summed E-state index contributed by atoms with van der Waals surface area (Å²) in [6, 6.07) is 12.0. The van der Waals surface area contributed by atoms with Crippen molar-refractivity contribution in [1.82, 2.24) is 5.32 Å². The number of rotatable bonds is 7. The number of nitrogens with zero attached hydrogens (tertiary/aromatic N) is 1. The summed E-state index contributed by atoms with van der Waals surface area (Å²) in [5, 5.41) is 12.4. The van der Waals surface area contributed by atoms with Crippen LogP contribution in [0.5, 0.6) is 0 Å². The Bertz CT molecular complexity index is 1370. The zero-order valence-electron chi connectivity index (χ0n) is 21.4. The SMILES string of the molecule is COC1=CC([C@@](Cc2ccccc2)(NC(=O)C2C[C@@H](F)C[C@@]2(N)C#N)c2cc(F)cc(C(F)(F)F)c2)=CCC1F. The van der Waals surface area contributed by atoms with Crippen LogP contribution in [-0.2, 0) is 27.7 Å². The van der Waals surface area contributed by atoms with E-state index in [4.69, 9.17) is 10.5 Å². The maximum atomic E-state index is 14.8. The third kappa shape index (κ3) is 5.72.